The van der Waals surface area contributed by atoms with Crippen LogP contribution in [0.1, 0.15) is 51.2 Å². The maximum absolute atomic E-state index is 13.0. The molecule has 0 unspecified atom stereocenters. The summed E-state index contributed by atoms with van der Waals surface area (Å²) in [4.78, 5) is 25.6. The van der Waals surface area contributed by atoms with Crippen molar-refractivity contribution in [1.82, 2.24) is 5.32 Å². The molecule has 0 aliphatic rings. The second-order valence-electron chi connectivity index (χ2n) is 8.44. The van der Waals surface area contributed by atoms with E-state index in [0.717, 1.165) is 22.6 Å². The van der Waals surface area contributed by atoms with Gasteiger partial charge in [0, 0.05) is 29.8 Å². The van der Waals surface area contributed by atoms with Crippen LogP contribution in [0.2, 0.25) is 0 Å². The third kappa shape index (κ3) is 6.83. The predicted molar refractivity (Wildman–Crippen MR) is 143 cm³/mol. The number of anilines is 1. The van der Waals surface area contributed by atoms with E-state index in [4.69, 9.17) is 4.74 Å². The van der Waals surface area contributed by atoms with Crippen molar-refractivity contribution in [2.45, 2.75) is 25.9 Å². The molecule has 1 atom stereocenters. The van der Waals surface area contributed by atoms with Crippen LogP contribution in [0.5, 0.6) is 5.75 Å². The highest BCUT2D eigenvalue weighted by molar-refractivity contribution is 5.97. The summed E-state index contributed by atoms with van der Waals surface area (Å²) in [6.07, 6.45) is 0.289. The van der Waals surface area contributed by atoms with Crippen molar-refractivity contribution >= 4 is 17.4 Å². The molecule has 0 aliphatic carbocycles. The van der Waals surface area contributed by atoms with Crippen molar-refractivity contribution in [3.63, 3.8) is 0 Å². The van der Waals surface area contributed by atoms with Crippen LogP contribution < -0.4 is 15.4 Å². The maximum atomic E-state index is 13.0. The molecule has 0 saturated heterocycles. The highest BCUT2D eigenvalue weighted by Crippen LogP contribution is 2.26. The number of ketones is 1. The number of carbonyl (C=O) groups excluding carboxylic acids is 2. The van der Waals surface area contributed by atoms with Gasteiger partial charge in [0.05, 0.1) is 12.6 Å². The van der Waals surface area contributed by atoms with Crippen LogP contribution in [-0.2, 0) is 6.54 Å². The molecule has 0 spiro atoms. The Kier molecular flexibility index (Phi) is 8.49. The van der Waals surface area contributed by atoms with Crippen molar-refractivity contribution in [1.29, 1.82) is 0 Å². The lowest BCUT2D eigenvalue weighted by Crippen LogP contribution is -2.22. The van der Waals surface area contributed by atoms with Gasteiger partial charge in [-0.05, 0) is 54.4 Å². The van der Waals surface area contributed by atoms with E-state index in [2.05, 4.69) is 10.6 Å². The van der Waals surface area contributed by atoms with Gasteiger partial charge in [0.1, 0.15) is 5.75 Å². The number of nitrogens with one attached hydrogen (secondary N) is 2. The molecular formula is C31H30N2O3. The largest absolute Gasteiger partial charge is 0.494 e. The van der Waals surface area contributed by atoms with E-state index >= 15 is 0 Å². The highest BCUT2D eigenvalue weighted by Gasteiger charge is 2.18. The first-order valence-electron chi connectivity index (χ1n) is 12.1. The summed E-state index contributed by atoms with van der Waals surface area (Å²) in [5, 5.41) is 6.42. The standard InChI is InChI=1S/C31H30N2O3/c1-2-36-28-19-15-24(16-20-28)29(21-30(34)25-11-7-4-8-12-25)33-27-17-13-26(14-18-27)31(35)32-22-23-9-5-3-6-10-23/h3-20,29,33H,2,21-22H2,1H3,(H,32,35)/t29-/m1/s1. The van der Waals surface area contributed by atoms with Gasteiger partial charge in [-0.25, -0.2) is 0 Å². The predicted octanol–water partition coefficient (Wildman–Crippen LogP) is 6.44. The molecular weight excluding hydrogens is 448 g/mol. The molecule has 1 amide bonds. The molecule has 0 aromatic heterocycles. The fourth-order valence-electron chi connectivity index (χ4n) is 3.94. The van der Waals surface area contributed by atoms with E-state index in [9.17, 15) is 9.59 Å². The molecule has 5 nitrogen and oxygen atoms in total. The molecule has 0 radical (unpaired) electrons. The fraction of sp³-hybridized carbons (Fsp3) is 0.161. The number of Topliss-reactive ketones (excluding diaryl/α,β-unsaturated/α-hetero) is 1. The topological polar surface area (TPSA) is 67.4 Å². The number of rotatable bonds is 11. The van der Waals surface area contributed by atoms with Gasteiger partial charge in [-0.1, -0.05) is 72.8 Å². The van der Waals surface area contributed by atoms with Crippen LogP contribution >= 0.6 is 0 Å². The number of carbonyl (C=O) groups is 2. The number of benzene rings is 4. The third-order valence-electron chi connectivity index (χ3n) is 5.86. The average molecular weight is 479 g/mol. The highest BCUT2D eigenvalue weighted by atomic mass is 16.5. The molecule has 182 valence electrons. The third-order valence-corrected chi connectivity index (χ3v) is 5.86. The molecule has 36 heavy (non-hydrogen) atoms. The Balaban J connectivity index is 1.46. The lowest BCUT2D eigenvalue weighted by Gasteiger charge is -2.21. The Morgan fingerprint density at radius 3 is 2.03 bits per heavy atom. The zero-order chi connectivity index (χ0) is 25.2. The molecule has 0 heterocycles. The van der Waals surface area contributed by atoms with Crippen LogP contribution in [0, 0.1) is 0 Å². The fourth-order valence-corrected chi connectivity index (χ4v) is 3.94. The number of ether oxygens (including phenoxy) is 1. The van der Waals surface area contributed by atoms with Crippen LogP contribution in [0.15, 0.2) is 109 Å². The van der Waals surface area contributed by atoms with Gasteiger partial charge in [0.2, 0.25) is 0 Å². The van der Waals surface area contributed by atoms with E-state index in [1.54, 1.807) is 12.1 Å². The summed E-state index contributed by atoms with van der Waals surface area (Å²) < 4.78 is 5.57. The molecule has 0 saturated carbocycles. The molecule has 0 aliphatic heterocycles. The molecule has 0 fully saturated rings. The minimum atomic E-state index is -0.244. The van der Waals surface area contributed by atoms with Gasteiger partial charge < -0.3 is 15.4 Å². The number of hydrogen-bond donors (Lipinski definition) is 2. The number of amides is 1. The van der Waals surface area contributed by atoms with Gasteiger partial charge in [-0.3, -0.25) is 9.59 Å². The smallest absolute Gasteiger partial charge is 0.251 e. The van der Waals surface area contributed by atoms with E-state index in [1.807, 2.05) is 104 Å². The zero-order valence-corrected chi connectivity index (χ0v) is 20.3. The Bertz CT molecular complexity index is 1250. The van der Waals surface area contributed by atoms with E-state index in [1.165, 1.54) is 0 Å². The van der Waals surface area contributed by atoms with Crippen molar-refractivity contribution in [2.24, 2.45) is 0 Å². The monoisotopic (exact) mass is 478 g/mol. The van der Waals surface area contributed by atoms with Gasteiger partial charge in [0.15, 0.2) is 5.78 Å². The summed E-state index contributed by atoms with van der Waals surface area (Å²) in [6, 6.07) is 34.0. The van der Waals surface area contributed by atoms with Crippen molar-refractivity contribution < 1.29 is 14.3 Å². The van der Waals surface area contributed by atoms with Crippen molar-refractivity contribution in [3.8, 4) is 5.75 Å². The molecule has 0 bridgehead atoms. The van der Waals surface area contributed by atoms with Crippen LogP contribution in [0.3, 0.4) is 0 Å². The summed E-state index contributed by atoms with van der Waals surface area (Å²) in [5.41, 5.74) is 4.11. The van der Waals surface area contributed by atoms with Gasteiger partial charge in [-0.15, -0.1) is 0 Å². The first kappa shape index (κ1) is 24.7. The SMILES string of the molecule is CCOc1ccc([C@@H](CC(=O)c2ccccc2)Nc2ccc(C(=O)NCc3ccccc3)cc2)cc1. The second kappa shape index (κ2) is 12.4. The summed E-state index contributed by atoms with van der Waals surface area (Å²) >= 11 is 0. The first-order chi connectivity index (χ1) is 17.6. The van der Waals surface area contributed by atoms with Crippen molar-refractivity contribution in [2.75, 3.05) is 11.9 Å². The van der Waals surface area contributed by atoms with E-state index < -0.39 is 0 Å². The second-order valence-corrected chi connectivity index (χ2v) is 8.44. The lowest BCUT2D eigenvalue weighted by molar-refractivity contribution is 0.0948. The molecule has 4 aromatic carbocycles. The normalized spacial score (nSPS) is 11.4. The Morgan fingerprint density at radius 2 is 1.39 bits per heavy atom. The zero-order valence-electron chi connectivity index (χ0n) is 20.3. The quantitative estimate of drug-likeness (QED) is 0.243. The Hall–Kier alpha value is -4.38. The van der Waals surface area contributed by atoms with E-state index in [0.29, 0.717) is 24.3 Å². The maximum Gasteiger partial charge on any atom is 0.251 e. The Labute approximate surface area is 212 Å². The first-order valence-corrected chi connectivity index (χ1v) is 12.1. The van der Waals surface area contributed by atoms with Crippen LogP contribution in [0.25, 0.3) is 0 Å². The van der Waals surface area contributed by atoms with Gasteiger partial charge >= 0.3 is 0 Å². The number of hydrogen-bond acceptors (Lipinski definition) is 4. The van der Waals surface area contributed by atoms with Gasteiger partial charge in [0.25, 0.3) is 5.91 Å². The summed E-state index contributed by atoms with van der Waals surface area (Å²) in [5.74, 6) is 0.715. The Morgan fingerprint density at radius 1 is 0.750 bits per heavy atom. The molecule has 2 N–H and O–H groups in total. The van der Waals surface area contributed by atoms with Crippen molar-refractivity contribution in [3.05, 3.63) is 131 Å². The lowest BCUT2D eigenvalue weighted by atomic mass is 9.97. The summed E-state index contributed by atoms with van der Waals surface area (Å²) in [7, 11) is 0. The molecule has 4 rings (SSSR count). The molecule has 4 aromatic rings. The average Bonchev–Trinajstić information content (AvgIpc) is 2.93. The van der Waals surface area contributed by atoms with Gasteiger partial charge in [-0.2, -0.15) is 0 Å². The van der Waals surface area contributed by atoms with Crippen LogP contribution in [-0.4, -0.2) is 18.3 Å². The minimum absolute atomic E-state index is 0.0545. The van der Waals surface area contributed by atoms with E-state index in [-0.39, 0.29) is 24.2 Å². The minimum Gasteiger partial charge on any atom is -0.494 e. The summed E-state index contributed by atoms with van der Waals surface area (Å²) in [6.45, 7) is 3.02. The van der Waals surface area contributed by atoms with Crippen LogP contribution in [0.4, 0.5) is 5.69 Å². The molecule has 5 heteroatoms.